The topological polar surface area (TPSA) is 248 Å². The Hall–Kier alpha value is -5.74. The van der Waals surface area contributed by atoms with Gasteiger partial charge in [-0.3, -0.25) is 19.9 Å². The van der Waals surface area contributed by atoms with E-state index in [1.54, 1.807) is 48.9 Å². The van der Waals surface area contributed by atoms with E-state index in [2.05, 4.69) is 97.6 Å². The molecule has 3 saturated heterocycles. The zero-order chi connectivity index (χ0) is 63.9. The number of aromatic carboxylic acids is 1. The number of pyridine rings is 4. The summed E-state index contributed by atoms with van der Waals surface area (Å²) in [7, 11) is 1.27. The first-order chi connectivity index (χ1) is 40.1. The van der Waals surface area contributed by atoms with Crippen LogP contribution in [-0.4, -0.2) is 112 Å². The molecule has 4 aromatic carbocycles. The van der Waals surface area contributed by atoms with Crippen molar-refractivity contribution in [3.63, 3.8) is 0 Å². The van der Waals surface area contributed by atoms with Gasteiger partial charge in [0.2, 0.25) is 0 Å². The predicted molar refractivity (Wildman–Crippen MR) is 334 cm³/mol. The first-order valence-electron chi connectivity index (χ1n) is 26.8. The maximum absolute atomic E-state index is 11.9. The van der Waals surface area contributed by atoms with Crippen LogP contribution in [0.2, 0.25) is 0 Å². The molecule has 86 heavy (non-hydrogen) atoms. The fourth-order valence-electron chi connectivity index (χ4n) is 8.65. The number of rotatable bonds is 5. The van der Waals surface area contributed by atoms with E-state index in [9.17, 15) is 14.4 Å². The van der Waals surface area contributed by atoms with Crippen LogP contribution >= 0.6 is 47.8 Å². The second kappa shape index (κ2) is 28.2. The SMILES string of the molecule is CC1(C)OB(B2OC(C)(C)C(C)(C)O2)OC1(C)C.COC(=O)c1ccc(Br)c2cccnc12.COC(=O)c1cccc2c(B3OC(C)(C)C(C)(C)O3)ccnc12.Cc1ccc(Br)c2cccnc12.O=C(O)c1ccc(Br)c2cccnc12.[O]=[Cr](=[O])=[O]. The molecule has 4 aromatic heterocycles. The third-order valence-electron chi connectivity index (χ3n) is 15.5. The van der Waals surface area contributed by atoms with Gasteiger partial charge in [0.25, 0.3) is 0 Å². The van der Waals surface area contributed by atoms with Crippen LogP contribution in [0.25, 0.3) is 43.6 Å². The standard InChI is InChI=1S/C17H20BNO4.C12H24B2O4.C11H8BrNO2.C10H6BrNO2.C10H8BrN.Cr.3O/c1-16(2)17(3,4)23-18(22-16)13-9-10-19-14-11(13)7-6-8-12(14)15(20)21-5;1-9(2)10(3,4)16-13(15-9)14-17-11(5,6)12(7,8)18-14;1-15-11(14)8-4-5-9(12)7-3-2-6-13-10(7)8;11-8-4-3-7(10(13)14)9-6(8)2-1-5-12-9;1-7-4-5-9(11)8-3-2-6-12-10(7)8;;;;/h6-10H,1-5H3;1-8H3;2-6H,1H3;1-5H,(H,13,14);2-6H,1H3;;;;. The van der Waals surface area contributed by atoms with Crippen LogP contribution in [0.3, 0.4) is 0 Å². The minimum absolute atomic E-state index is 0.226. The Bertz CT molecular complexity index is 3810. The Morgan fingerprint density at radius 3 is 1.17 bits per heavy atom. The van der Waals surface area contributed by atoms with Gasteiger partial charge >= 0.3 is 64.4 Å². The molecule has 19 nitrogen and oxygen atoms in total. The van der Waals surface area contributed by atoms with E-state index < -0.39 is 58.2 Å². The van der Waals surface area contributed by atoms with Gasteiger partial charge in [-0.05, 0) is 162 Å². The summed E-state index contributed by atoms with van der Waals surface area (Å²) in [5.74, 6) is -1.73. The van der Waals surface area contributed by atoms with Crippen LogP contribution in [0.15, 0.2) is 135 Å². The number of benzene rings is 4. The predicted octanol–water partition coefficient (Wildman–Crippen LogP) is 13.0. The number of ether oxygens (including phenoxy) is 2. The summed E-state index contributed by atoms with van der Waals surface area (Å²) < 4.78 is 74.1. The normalized spacial score (nSPS) is 17.0. The quantitative estimate of drug-likeness (QED) is 0.124. The summed E-state index contributed by atoms with van der Waals surface area (Å²) >= 11 is 6.46. The Morgan fingerprint density at radius 1 is 0.442 bits per heavy atom. The summed E-state index contributed by atoms with van der Waals surface area (Å²) in [4.78, 5) is 51.2. The number of esters is 2. The first-order valence-corrected chi connectivity index (χ1v) is 30.7. The average molecular weight is 1410 g/mol. The number of carboxylic acids is 1. The Kier molecular flexibility index (Phi) is 22.7. The van der Waals surface area contributed by atoms with E-state index >= 15 is 0 Å². The summed E-state index contributed by atoms with van der Waals surface area (Å²) in [5, 5.41) is 12.6. The number of para-hydroxylation sites is 1. The molecule has 26 heteroatoms. The molecular formula is C60H66B3Br3CrN4O15. The van der Waals surface area contributed by atoms with Crippen LogP contribution < -0.4 is 5.46 Å². The number of carbonyl (C=O) groups is 3. The van der Waals surface area contributed by atoms with Gasteiger partial charge in [-0.15, -0.1) is 0 Å². The van der Waals surface area contributed by atoms with E-state index in [0.717, 1.165) is 40.6 Å². The van der Waals surface area contributed by atoms with Crippen molar-refractivity contribution in [3.8, 4) is 0 Å². The molecule has 3 aliphatic heterocycles. The van der Waals surface area contributed by atoms with Gasteiger partial charge < -0.3 is 42.5 Å². The molecule has 0 unspecified atom stereocenters. The molecule has 0 bridgehead atoms. The van der Waals surface area contributed by atoms with Gasteiger partial charge in [0.1, 0.15) is 0 Å². The van der Waals surface area contributed by atoms with Crippen molar-refractivity contribution in [3.05, 3.63) is 158 Å². The number of nitrogens with zero attached hydrogens (tertiary/aromatic N) is 4. The molecule has 0 atom stereocenters. The van der Waals surface area contributed by atoms with Crippen LogP contribution in [-0.2, 0) is 62.8 Å². The third-order valence-corrected chi connectivity index (χ3v) is 17.5. The van der Waals surface area contributed by atoms with E-state index in [4.69, 9.17) is 49.2 Å². The number of methoxy groups -OCH3 is 2. The summed E-state index contributed by atoms with van der Waals surface area (Å²) in [6, 6.07) is 29.5. The maximum atomic E-state index is 11.9. The van der Waals surface area contributed by atoms with Crippen molar-refractivity contribution >= 4 is 136 Å². The summed E-state index contributed by atoms with van der Waals surface area (Å²) in [5.41, 5.74) is 3.76. The summed E-state index contributed by atoms with van der Waals surface area (Å²) in [6.45, 7) is 26.3. The number of halogens is 3. The molecule has 3 fully saturated rings. The van der Waals surface area contributed by atoms with Gasteiger partial charge in [0, 0.05) is 59.8 Å². The van der Waals surface area contributed by atoms with Crippen molar-refractivity contribution in [2.75, 3.05) is 14.2 Å². The van der Waals surface area contributed by atoms with Crippen LogP contribution in [0.4, 0.5) is 0 Å². The molecule has 0 saturated carbocycles. The second-order valence-electron chi connectivity index (χ2n) is 22.7. The number of hydrogen-bond acceptors (Lipinski definition) is 18. The van der Waals surface area contributed by atoms with Crippen molar-refractivity contribution in [2.24, 2.45) is 0 Å². The van der Waals surface area contributed by atoms with Crippen LogP contribution in [0, 0.1) is 6.92 Å². The van der Waals surface area contributed by atoms with Gasteiger partial charge in [0.05, 0.1) is 86.6 Å². The van der Waals surface area contributed by atoms with Crippen molar-refractivity contribution in [1.82, 2.24) is 19.9 Å². The van der Waals surface area contributed by atoms with Gasteiger partial charge in [-0.25, -0.2) is 14.4 Å². The first kappa shape index (κ1) is 69.4. The Morgan fingerprint density at radius 2 is 0.767 bits per heavy atom. The molecule has 452 valence electrons. The minimum atomic E-state index is -3.79. The molecule has 1 N–H and O–H groups in total. The zero-order valence-electron chi connectivity index (χ0n) is 50.3. The molecular weight excluding hydrogens is 1340 g/mol. The molecule has 0 aliphatic carbocycles. The van der Waals surface area contributed by atoms with Gasteiger partial charge in [0.15, 0.2) is 0 Å². The van der Waals surface area contributed by atoms with Gasteiger partial charge in [-0.2, -0.15) is 0 Å². The fraction of sp³-hybridized carbons (Fsp3) is 0.350. The van der Waals surface area contributed by atoms with E-state index in [1.165, 1.54) is 25.2 Å². The Balaban J connectivity index is 0.000000172. The molecule has 8 aromatic rings. The molecule has 11 rings (SSSR count). The van der Waals surface area contributed by atoms with E-state index in [0.29, 0.717) is 27.7 Å². The van der Waals surface area contributed by atoms with E-state index in [-0.39, 0.29) is 33.9 Å². The fourth-order valence-corrected chi connectivity index (χ4v) is 10.0. The number of fused-ring (bicyclic) bond motifs is 4. The Labute approximate surface area is 529 Å². The molecule has 0 amide bonds. The molecule has 0 radical (unpaired) electrons. The number of hydrogen-bond donors (Lipinski definition) is 1. The number of aryl methyl sites for hydroxylation is 1. The van der Waals surface area contributed by atoms with Crippen molar-refractivity contribution in [2.45, 2.75) is 124 Å². The number of carbonyl (C=O) groups excluding carboxylic acids is 2. The van der Waals surface area contributed by atoms with Gasteiger partial charge in [-0.1, -0.05) is 84.2 Å². The third kappa shape index (κ3) is 15.9. The monoisotopic (exact) mass is 1400 g/mol. The van der Waals surface area contributed by atoms with E-state index in [1.807, 2.05) is 138 Å². The average Bonchev–Trinajstić information content (AvgIpc) is 4.04. The molecule has 0 spiro atoms. The van der Waals surface area contributed by atoms with Crippen LogP contribution in [0.5, 0.6) is 0 Å². The zero-order valence-corrected chi connectivity index (χ0v) is 56.3. The molecule has 7 heterocycles. The van der Waals surface area contributed by atoms with Crippen molar-refractivity contribution < 1.29 is 82.3 Å². The number of aromatic nitrogens is 4. The van der Waals surface area contributed by atoms with Crippen LogP contribution in [0.1, 0.15) is 120 Å². The molecule has 3 aliphatic rings. The van der Waals surface area contributed by atoms with Crippen molar-refractivity contribution in [1.29, 1.82) is 0 Å². The summed E-state index contributed by atoms with van der Waals surface area (Å²) in [6.07, 6.45) is 6.72. The number of carboxylic acid groups (broad SMARTS) is 1. The second-order valence-corrected chi connectivity index (χ2v) is 25.9.